The molecule has 3 nitrogen and oxygen atoms in total. The lowest BCUT2D eigenvalue weighted by atomic mass is 9.82. The Hall–Kier alpha value is -4.12. The molecule has 0 saturated carbocycles. The number of fused-ring (bicyclic) bond motifs is 6. The van der Waals surface area contributed by atoms with E-state index in [0.29, 0.717) is 0 Å². The van der Waals surface area contributed by atoms with Crippen LogP contribution >= 0.6 is 0 Å². The summed E-state index contributed by atoms with van der Waals surface area (Å²) >= 11 is 0. The molecule has 0 unspecified atom stereocenters. The second-order valence-corrected chi connectivity index (χ2v) is 13.7. The average Bonchev–Trinajstić information content (AvgIpc) is 3.58. The summed E-state index contributed by atoms with van der Waals surface area (Å²) in [6.45, 7) is 18.8. The van der Waals surface area contributed by atoms with E-state index in [2.05, 4.69) is 161 Å². The van der Waals surface area contributed by atoms with Gasteiger partial charge < -0.3 is 13.9 Å². The van der Waals surface area contributed by atoms with E-state index in [-0.39, 0.29) is 23.7 Å². The van der Waals surface area contributed by atoms with Gasteiger partial charge in [0.1, 0.15) is 0 Å². The highest BCUT2D eigenvalue weighted by molar-refractivity contribution is 6.43. The molecule has 234 valence electrons. The van der Waals surface area contributed by atoms with Crippen LogP contribution in [0.3, 0.4) is 0 Å². The maximum absolute atomic E-state index is 5.54. The summed E-state index contributed by atoms with van der Waals surface area (Å²) in [4.78, 5) is 0. The van der Waals surface area contributed by atoms with Gasteiger partial charge in [-0.2, -0.15) is 0 Å². The minimum absolute atomic E-state index is 0.0237. The summed E-state index contributed by atoms with van der Waals surface area (Å²) in [5.41, 5.74) is 11.4. The van der Waals surface area contributed by atoms with Gasteiger partial charge >= 0.3 is 7.12 Å². The van der Waals surface area contributed by atoms with E-state index in [1.54, 1.807) is 0 Å². The summed E-state index contributed by atoms with van der Waals surface area (Å²) in [5, 5.41) is 2.58. The van der Waals surface area contributed by atoms with Crippen molar-refractivity contribution in [3.63, 3.8) is 0 Å². The van der Waals surface area contributed by atoms with Crippen molar-refractivity contribution in [1.82, 2.24) is 4.57 Å². The molecule has 0 bridgehead atoms. The third-order valence-electron chi connectivity index (χ3n) is 9.98. The van der Waals surface area contributed by atoms with Crippen LogP contribution in [0.25, 0.3) is 49.7 Å². The molecule has 8 rings (SSSR count). The van der Waals surface area contributed by atoms with Crippen LogP contribution in [0.2, 0.25) is 6.82 Å². The van der Waals surface area contributed by atoms with Crippen molar-refractivity contribution in [1.29, 1.82) is 0 Å². The highest BCUT2D eigenvalue weighted by atomic mass is 16.7. The average molecular weight is 608 g/mol. The summed E-state index contributed by atoms with van der Waals surface area (Å²) in [6.07, 6.45) is 0. The van der Waals surface area contributed by atoms with Crippen LogP contribution in [0, 0.1) is 0 Å². The minimum Gasteiger partial charge on any atom is -0.403 e. The van der Waals surface area contributed by atoms with E-state index >= 15 is 0 Å². The lowest BCUT2D eigenvalue weighted by molar-refractivity contribution is 0.00578. The van der Waals surface area contributed by atoms with Crippen LogP contribution in [-0.4, -0.2) is 22.9 Å². The number of benzene rings is 5. The Morgan fingerprint density at radius 1 is 0.522 bits per heavy atom. The van der Waals surface area contributed by atoms with E-state index in [0.717, 1.165) is 0 Å². The van der Waals surface area contributed by atoms with E-state index in [1.165, 1.54) is 60.9 Å². The van der Waals surface area contributed by atoms with Gasteiger partial charge in [0.2, 0.25) is 0 Å². The molecule has 2 heterocycles. The molecule has 0 spiro atoms. The summed E-state index contributed by atoms with van der Waals surface area (Å²) in [7, 11) is -0.0648. The number of rotatable bonds is 2. The molecule has 1 fully saturated rings. The molecule has 6 aromatic rings. The first-order valence-electron chi connectivity index (χ1n) is 16.7. The van der Waals surface area contributed by atoms with E-state index < -0.39 is 0 Å². The van der Waals surface area contributed by atoms with Gasteiger partial charge in [0.15, 0.2) is 0 Å². The Bertz CT molecular complexity index is 2000. The monoisotopic (exact) mass is 607 g/mol. The fraction of sp³-hybridized carbons (Fsp3) is 0.286. The predicted octanol–water partition coefficient (Wildman–Crippen LogP) is 11.5. The van der Waals surface area contributed by atoms with E-state index in [1.807, 2.05) is 20.7 Å². The SMILES string of the molecule is CB1OC(C)(C)C(C)(C)O1.CC.CC1(C)c2ccccc2-c2cc(-n3c4ccccc4c4cc(-c5ccccc5)ccc43)ccc21. The molecule has 1 aliphatic carbocycles. The number of aromatic nitrogens is 1. The molecule has 0 N–H and O–H groups in total. The van der Waals surface area contributed by atoms with E-state index in [9.17, 15) is 0 Å². The van der Waals surface area contributed by atoms with Gasteiger partial charge in [0.05, 0.1) is 22.2 Å². The molecule has 4 heteroatoms. The molecule has 1 saturated heterocycles. The van der Waals surface area contributed by atoms with Crippen molar-refractivity contribution in [2.75, 3.05) is 0 Å². The predicted molar refractivity (Wildman–Crippen MR) is 197 cm³/mol. The van der Waals surface area contributed by atoms with Gasteiger partial charge in [-0.1, -0.05) is 113 Å². The molecule has 5 aromatic carbocycles. The maximum Gasteiger partial charge on any atom is 0.454 e. The Morgan fingerprint density at radius 3 is 1.78 bits per heavy atom. The Morgan fingerprint density at radius 2 is 1.11 bits per heavy atom. The van der Waals surface area contributed by atoms with Crippen LogP contribution < -0.4 is 0 Å². The summed E-state index contributed by atoms with van der Waals surface area (Å²) in [5.74, 6) is 0. The molecule has 0 amide bonds. The fourth-order valence-corrected chi connectivity index (χ4v) is 7.05. The minimum atomic E-state index is -0.160. The second kappa shape index (κ2) is 11.9. The quantitative estimate of drug-likeness (QED) is 0.183. The van der Waals surface area contributed by atoms with Crippen molar-refractivity contribution >= 4 is 28.9 Å². The fourth-order valence-electron chi connectivity index (χ4n) is 7.05. The molecule has 46 heavy (non-hydrogen) atoms. The van der Waals surface area contributed by atoms with Gasteiger partial charge in [0, 0.05) is 21.9 Å². The highest BCUT2D eigenvalue weighted by Gasteiger charge is 2.48. The first kappa shape index (κ1) is 31.9. The number of nitrogens with zero attached hydrogens (tertiary/aromatic N) is 1. The molecule has 0 atom stereocenters. The second-order valence-electron chi connectivity index (χ2n) is 13.7. The molecular weight excluding hydrogens is 561 g/mol. The first-order valence-corrected chi connectivity index (χ1v) is 16.7. The topological polar surface area (TPSA) is 23.4 Å². The largest absolute Gasteiger partial charge is 0.454 e. The number of hydrogen-bond acceptors (Lipinski definition) is 2. The number of hydrogen-bond donors (Lipinski definition) is 0. The maximum atomic E-state index is 5.54. The zero-order valence-electron chi connectivity index (χ0n) is 28.8. The molecule has 0 radical (unpaired) electrons. The standard InChI is InChI=1S/C33H25N.C7H15BO2.C2H6/c1-33(2)29-14-8-6-12-25(29)27-21-24(17-18-30(27)33)34-31-15-9-7-13-26(31)28-20-23(16-19-32(28)34)22-10-4-3-5-11-22;1-6(2)7(3,4)10-8(5)9-6;1-2/h3-21H,1-2H3;1-5H3;1-2H3. The van der Waals surface area contributed by atoms with Crippen molar-refractivity contribution < 1.29 is 9.31 Å². The van der Waals surface area contributed by atoms with Crippen molar-refractivity contribution in [2.45, 2.75) is 78.8 Å². The summed E-state index contributed by atoms with van der Waals surface area (Å²) in [6, 6.07) is 42.2. The van der Waals surface area contributed by atoms with Gasteiger partial charge in [0.25, 0.3) is 0 Å². The zero-order chi connectivity index (χ0) is 32.9. The highest BCUT2D eigenvalue weighted by Crippen LogP contribution is 2.49. The Balaban J connectivity index is 0.000000265. The van der Waals surface area contributed by atoms with Crippen molar-refractivity contribution in [3.8, 4) is 27.9 Å². The smallest absolute Gasteiger partial charge is 0.403 e. The third-order valence-corrected chi connectivity index (χ3v) is 9.98. The van der Waals surface area contributed by atoms with Crippen LogP contribution in [0.1, 0.15) is 66.5 Å². The molecule has 2 aliphatic rings. The zero-order valence-corrected chi connectivity index (χ0v) is 28.8. The Labute approximate surface area is 275 Å². The summed E-state index contributed by atoms with van der Waals surface area (Å²) < 4.78 is 13.5. The molecule has 1 aliphatic heterocycles. The van der Waals surface area contributed by atoms with Gasteiger partial charge in [-0.25, -0.2) is 0 Å². The van der Waals surface area contributed by atoms with Gasteiger partial charge in [-0.3, -0.25) is 0 Å². The van der Waals surface area contributed by atoms with Crippen LogP contribution in [0.15, 0.2) is 115 Å². The molecular formula is C42H46BNO2. The van der Waals surface area contributed by atoms with Gasteiger partial charge in [-0.05, 0) is 98.2 Å². The van der Waals surface area contributed by atoms with Crippen LogP contribution in [-0.2, 0) is 14.7 Å². The van der Waals surface area contributed by atoms with Crippen molar-refractivity contribution in [2.24, 2.45) is 0 Å². The molecule has 1 aromatic heterocycles. The van der Waals surface area contributed by atoms with Crippen LogP contribution in [0.4, 0.5) is 0 Å². The third kappa shape index (κ3) is 5.28. The number of para-hydroxylation sites is 1. The van der Waals surface area contributed by atoms with E-state index in [4.69, 9.17) is 9.31 Å². The lowest BCUT2D eigenvalue weighted by Crippen LogP contribution is -2.41. The normalized spacial score (nSPS) is 16.7. The van der Waals surface area contributed by atoms with Crippen LogP contribution in [0.5, 0.6) is 0 Å². The van der Waals surface area contributed by atoms with Crippen molar-refractivity contribution in [3.05, 3.63) is 126 Å². The lowest BCUT2D eigenvalue weighted by Gasteiger charge is -2.32. The first-order chi connectivity index (χ1) is 22.0. The van der Waals surface area contributed by atoms with Gasteiger partial charge in [-0.15, -0.1) is 0 Å². The Kier molecular flexibility index (Phi) is 8.25.